The minimum Gasteiger partial charge on any atom is -0.357 e. The van der Waals surface area contributed by atoms with Crippen molar-refractivity contribution in [2.24, 2.45) is 4.99 Å². The number of halogens is 1. The van der Waals surface area contributed by atoms with Crippen LogP contribution in [0.5, 0.6) is 0 Å². The molecule has 0 aliphatic carbocycles. The van der Waals surface area contributed by atoms with Crippen LogP contribution in [0, 0.1) is 0 Å². The largest absolute Gasteiger partial charge is 0.357 e. The molecular formula is C16H26IN5. The van der Waals surface area contributed by atoms with Crippen LogP contribution in [0.2, 0.25) is 0 Å². The Labute approximate surface area is 150 Å². The maximum Gasteiger partial charge on any atom is 0.191 e. The summed E-state index contributed by atoms with van der Waals surface area (Å²) in [5, 5.41) is 6.60. The molecule has 0 amide bonds. The molecule has 0 saturated carbocycles. The van der Waals surface area contributed by atoms with Gasteiger partial charge in [-0.3, -0.25) is 4.99 Å². The molecule has 0 spiro atoms. The molecule has 2 N–H and O–H groups in total. The number of hydrogen-bond acceptors (Lipinski definition) is 5. The fourth-order valence-corrected chi connectivity index (χ4v) is 2.84. The maximum absolute atomic E-state index is 4.63. The quantitative estimate of drug-likeness (QED) is 0.746. The van der Waals surface area contributed by atoms with E-state index in [1.165, 1.54) is 31.2 Å². The minimum absolute atomic E-state index is 0. The first-order valence-corrected chi connectivity index (χ1v) is 8.14. The summed E-state index contributed by atoms with van der Waals surface area (Å²) < 4.78 is 0. The molecule has 5 nitrogen and oxygen atoms in total. The lowest BCUT2D eigenvalue weighted by atomic mass is 10.2. The molecular weight excluding hydrogens is 389 g/mol. The summed E-state index contributed by atoms with van der Waals surface area (Å²) in [4.78, 5) is 11.5. The lowest BCUT2D eigenvalue weighted by Gasteiger charge is -2.21. The summed E-state index contributed by atoms with van der Waals surface area (Å²) in [6.45, 7) is 5.00. The van der Waals surface area contributed by atoms with E-state index in [0.717, 1.165) is 50.9 Å². The number of anilines is 1. The zero-order chi connectivity index (χ0) is 14.3. The molecule has 0 unspecified atom stereocenters. The minimum atomic E-state index is 0. The summed E-state index contributed by atoms with van der Waals surface area (Å²) >= 11 is 0. The van der Waals surface area contributed by atoms with E-state index in [9.17, 15) is 0 Å². The molecule has 0 bridgehead atoms. The average Bonchev–Trinajstić information content (AvgIpc) is 2.84. The predicted octanol–water partition coefficient (Wildman–Crippen LogP) is 2.52. The second-order valence-corrected chi connectivity index (χ2v) is 5.79. The molecule has 0 radical (unpaired) electrons. The average molecular weight is 415 g/mol. The van der Waals surface area contributed by atoms with Gasteiger partial charge >= 0.3 is 0 Å². The third-order valence-electron chi connectivity index (χ3n) is 4.10. The Hall–Kier alpha value is -1.05. The number of pyridine rings is 1. The van der Waals surface area contributed by atoms with Gasteiger partial charge in [0.25, 0.3) is 0 Å². The van der Waals surface area contributed by atoms with Gasteiger partial charge in [-0.05, 0) is 30.9 Å². The highest BCUT2D eigenvalue weighted by atomic mass is 127. The SMILES string of the molecule is I.c1cc(N2CCCCCC2)ncc1CNC1=NCCCN1. The van der Waals surface area contributed by atoms with Crippen molar-refractivity contribution in [3.05, 3.63) is 23.9 Å². The standard InChI is InChI=1S/C16H25N5.HI/c1-2-4-11-21(10-3-1)15-7-6-14(12-19-15)13-20-16-17-8-5-9-18-16;/h6-7,12H,1-5,8-11,13H2,(H2,17,18,20);1H. The van der Waals surface area contributed by atoms with E-state index in [1.54, 1.807) is 0 Å². The lowest BCUT2D eigenvalue weighted by Crippen LogP contribution is -2.40. The molecule has 1 fully saturated rings. The zero-order valence-corrected chi connectivity index (χ0v) is 15.4. The second-order valence-electron chi connectivity index (χ2n) is 5.79. The topological polar surface area (TPSA) is 52.6 Å². The van der Waals surface area contributed by atoms with Gasteiger partial charge in [0.05, 0.1) is 0 Å². The highest BCUT2D eigenvalue weighted by Crippen LogP contribution is 2.17. The van der Waals surface area contributed by atoms with Crippen molar-refractivity contribution < 1.29 is 0 Å². The molecule has 2 aliphatic heterocycles. The summed E-state index contributed by atoms with van der Waals surface area (Å²) in [7, 11) is 0. The molecule has 2 aliphatic rings. The molecule has 1 saturated heterocycles. The highest BCUT2D eigenvalue weighted by Gasteiger charge is 2.10. The number of rotatable bonds is 3. The van der Waals surface area contributed by atoms with Gasteiger partial charge in [0.15, 0.2) is 5.96 Å². The maximum atomic E-state index is 4.63. The van der Waals surface area contributed by atoms with Crippen molar-refractivity contribution in [3.63, 3.8) is 0 Å². The normalized spacial score (nSPS) is 18.5. The fourth-order valence-electron chi connectivity index (χ4n) is 2.84. The van der Waals surface area contributed by atoms with E-state index >= 15 is 0 Å². The van der Waals surface area contributed by atoms with E-state index in [4.69, 9.17) is 0 Å². The van der Waals surface area contributed by atoms with Crippen LogP contribution in [0.25, 0.3) is 0 Å². The third-order valence-corrected chi connectivity index (χ3v) is 4.10. The number of hydrogen-bond donors (Lipinski definition) is 2. The van der Waals surface area contributed by atoms with Crippen LogP contribution in [-0.2, 0) is 6.54 Å². The molecule has 3 rings (SSSR count). The van der Waals surface area contributed by atoms with Gasteiger partial charge in [0.2, 0.25) is 0 Å². The van der Waals surface area contributed by atoms with Crippen molar-refractivity contribution in [1.29, 1.82) is 0 Å². The molecule has 3 heterocycles. The first kappa shape index (κ1) is 17.3. The van der Waals surface area contributed by atoms with Crippen molar-refractivity contribution in [1.82, 2.24) is 15.6 Å². The molecule has 6 heteroatoms. The van der Waals surface area contributed by atoms with Gasteiger partial charge in [-0.25, -0.2) is 4.98 Å². The van der Waals surface area contributed by atoms with Gasteiger partial charge in [-0.15, -0.1) is 24.0 Å². The fraction of sp³-hybridized carbons (Fsp3) is 0.625. The first-order chi connectivity index (χ1) is 10.4. The van der Waals surface area contributed by atoms with Gasteiger partial charge in [-0.1, -0.05) is 18.9 Å². The second kappa shape index (κ2) is 9.17. The van der Waals surface area contributed by atoms with Gasteiger partial charge in [0, 0.05) is 38.9 Å². The van der Waals surface area contributed by atoms with E-state index in [2.05, 4.69) is 37.6 Å². The number of aromatic nitrogens is 1. The molecule has 22 heavy (non-hydrogen) atoms. The molecule has 0 aromatic carbocycles. The highest BCUT2D eigenvalue weighted by molar-refractivity contribution is 14.0. The van der Waals surface area contributed by atoms with Crippen molar-refractivity contribution >= 4 is 35.8 Å². The summed E-state index contributed by atoms with van der Waals surface area (Å²) in [6, 6.07) is 4.32. The van der Waals surface area contributed by atoms with E-state index in [1.807, 2.05) is 6.20 Å². The van der Waals surface area contributed by atoms with Crippen molar-refractivity contribution in [3.8, 4) is 0 Å². The van der Waals surface area contributed by atoms with Crippen LogP contribution in [0.4, 0.5) is 5.82 Å². The van der Waals surface area contributed by atoms with Crippen LogP contribution in [0.1, 0.15) is 37.7 Å². The van der Waals surface area contributed by atoms with Crippen LogP contribution >= 0.6 is 24.0 Å². The Morgan fingerprint density at radius 2 is 1.91 bits per heavy atom. The zero-order valence-electron chi connectivity index (χ0n) is 13.1. The van der Waals surface area contributed by atoms with E-state index in [-0.39, 0.29) is 24.0 Å². The van der Waals surface area contributed by atoms with Gasteiger partial charge in [0.1, 0.15) is 5.82 Å². The summed E-state index contributed by atoms with van der Waals surface area (Å²) in [5.41, 5.74) is 1.20. The Bertz CT molecular complexity index is 466. The Morgan fingerprint density at radius 3 is 2.55 bits per heavy atom. The van der Waals surface area contributed by atoms with Crippen LogP contribution in [0.3, 0.4) is 0 Å². The van der Waals surface area contributed by atoms with E-state index in [0.29, 0.717) is 0 Å². The molecule has 1 aromatic heterocycles. The lowest BCUT2D eigenvalue weighted by molar-refractivity contribution is 0.701. The summed E-state index contributed by atoms with van der Waals surface area (Å²) in [5.74, 6) is 2.03. The Balaban J connectivity index is 0.00000176. The monoisotopic (exact) mass is 415 g/mol. The number of nitrogens with one attached hydrogen (secondary N) is 2. The smallest absolute Gasteiger partial charge is 0.191 e. The van der Waals surface area contributed by atoms with Crippen LogP contribution < -0.4 is 15.5 Å². The number of guanidine groups is 1. The molecule has 122 valence electrons. The van der Waals surface area contributed by atoms with Crippen LogP contribution in [0.15, 0.2) is 23.3 Å². The number of aliphatic imine (C=N–C) groups is 1. The van der Waals surface area contributed by atoms with E-state index < -0.39 is 0 Å². The molecule has 0 atom stereocenters. The third kappa shape index (κ3) is 5.00. The summed E-state index contributed by atoms with van der Waals surface area (Å²) in [6.07, 6.45) is 8.39. The number of nitrogens with zero attached hydrogens (tertiary/aromatic N) is 3. The van der Waals surface area contributed by atoms with Crippen molar-refractivity contribution in [2.75, 3.05) is 31.1 Å². The van der Waals surface area contributed by atoms with Crippen molar-refractivity contribution in [2.45, 2.75) is 38.6 Å². The Morgan fingerprint density at radius 1 is 1.09 bits per heavy atom. The Kier molecular flexibility index (Phi) is 7.21. The molecule has 1 aromatic rings. The van der Waals surface area contributed by atoms with Gasteiger partial charge in [-0.2, -0.15) is 0 Å². The van der Waals surface area contributed by atoms with Gasteiger partial charge < -0.3 is 15.5 Å². The predicted molar refractivity (Wildman–Crippen MR) is 102 cm³/mol. The first-order valence-electron chi connectivity index (χ1n) is 8.14. The van der Waals surface area contributed by atoms with Crippen LogP contribution in [-0.4, -0.2) is 37.1 Å².